The van der Waals surface area contributed by atoms with Gasteiger partial charge in [0.2, 0.25) is 0 Å². The second kappa shape index (κ2) is 2.33. The lowest BCUT2D eigenvalue weighted by molar-refractivity contribution is 0.543. The summed E-state index contributed by atoms with van der Waals surface area (Å²) in [4.78, 5) is 0. The highest BCUT2D eigenvalue weighted by Gasteiger charge is 2.18. The topological polar surface area (TPSA) is 52.0 Å². The molecule has 9 heavy (non-hydrogen) atoms. The Morgan fingerprint density at radius 2 is 2.22 bits per heavy atom. The summed E-state index contributed by atoms with van der Waals surface area (Å²) in [6.07, 6.45) is 8.77. The van der Waals surface area contributed by atoms with Crippen molar-refractivity contribution in [2.24, 2.45) is 11.5 Å². The minimum absolute atomic E-state index is 0.269. The summed E-state index contributed by atoms with van der Waals surface area (Å²) in [7, 11) is 0. The van der Waals surface area contributed by atoms with E-state index in [9.17, 15) is 0 Å². The summed E-state index contributed by atoms with van der Waals surface area (Å²) in [5, 5.41) is 0. The largest absolute Gasteiger partial charge is 0.328 e. The summed E-state index contributed by atoms with van der Waals surface area (Å²) in [5.74, 6) is 0. The predicted octanol–water partition coefficient (Wildman–Crippen LogP) is 0.159. The molecule has 0 fully saturated rings. The van der Waals surface area contributed by atoms with E-state index in [1.54, 1.807) is 0 Å². The molecule has 0 amide bonds. The van der Waals surface area contributed by atoms with Gasteiger partial charge in [-0.05, 0) is 6.42 Å². The van der Waals surface area contributed by atoms with Crippen molar-refractivity contribution in [3.8, 4) is 0 Å². The lowest BCUT2D eigenvalue weighted by atomic mass is 9.93. The van der Waals surface area contributed by atoms with Crippen LogP contribution in [0.1, 0.15) is 6.42 Å². The highest BCUT2D eigenvalue weighted by molar-refractivity contribution is 5.20. The van der Waals surface area contributed by atoms with Gasteiger partial charge in [-0.15, -0.1) is 0 Å². The highest BCUT2D eigenvalue weighted by Crippen LogP contribution is 2.11. The molecule has 4 N–H and O–H groups in total. The molecule has 0 aromatic rings. The molecule has 0 aliphatic heterocycles. The van der Waals surface area contributed by atoms with Crippen LogP contribution in [-0.2, 0) is 0 Å². The zero-order chi connectivity index (χ0) is 6.74. The third-order valence-corrected chi connectivity index (χ3v) is 1.55. The van der Waals surface area contributed by atoms with E-state index in [1.165, 1.54) is 0 Å². The van der Waals surface area contributed by atoms with E-state index in [0.717, 1.165) is 6.42 Å². The fourth-order valence-electron chi connectivity index (χ4n) is 0.833. The highest BCUT2D eigenvalue weighted by atomic mass is 14.8. The second-order valence-electron chi connectivity index (χ2n) is 2.43. The van der Waals surface area contributed by atoms with Gasteiger partial charge in [0.1, 0.15) is 0 Å². The van der Waals surface area contributed by atoms with Crippen molar-refractivity contribution in [1.82, 2.24) is 0 Å². The Balaban J connectivity index is 2.63. The number of rotatable bonds is 1. The van der Waals surface area contributed by atoms with E-state index in [1.807, 2.05) is 24.3 Å². The molecule has 1 aliphatic rings. The summed E-state index contributed by atoms with van der Waals surface area (Å²) >= 11 is 0. The van der Waals surface area contributed by atoms with Gasteiger partial charge in [-0.3, -0.25) is 0 Å². The predicted molar refractivity (Wildman–Crippen MR) is 38.9 cm³/mol. The van der Waals surface area contributed by atoms with Gasteiger partial charge in [0.05, 0.1) is 5.54 Å². The Morgan fingerprint density at radius 1 is 1.44 bits per heavy atom. The quantitative estimate of drug-likeness (QED) is 0.523. The van der Waals surface area contributed by atoms with Crippen LogP contribution in [0, 0.1) is 0 Å². The molecule has 0 bridgehead atoms. The molecule has 0 aromatic carbocycles. The van der Waals surface area contributed by atoms with Crippen molar-refractivity contribution in [3.05, 3.63) is 24.3 Å². The zero-order valence-electron chi connectivity index (χ0n) is 5.38. The molecule has 2 nitrogen and oxygen atoms in total. The number of hydrogen-bond acceptors (Lipinski definition) is 2. The van der Waals surface area contributed by atoms with Crippen molar-refractivity contribution >= 4 is 0 Å². The molecule has 1 unspecified atom stereocenters. The smallest absolute Gasteiger partial charge is 0.0501 e. The SMILES string of the molecule is NCC1(N)C=CC=CC1. The second-order valence-corrected chi connectivity index (χ2v) is 2.43. The van der Waals surface area contributed by atoms with Crippen LogP contribution in [0.25, 0.3) is 0 Å². The van der Waals surface area contributed by atoms with Gasteiger partial charge in [0, 0.05) is 6.54 Å². The number of nitrogens with two attached hydrogens (primary N) is 2. The summed E-state index contributed by atoms with van der Waals surface area (Å²) in [6, 6.07) is 0. The van der Waals surface area contributed by atoms with Gasteiger partial charge in [-0.25, -0.2) is 0 Å². The molecule has 1 atom stereocenters. The third-order valence-electron chi connectivity index (χ3n) is 1.55. The van der Waals surface area contributed by atoms with Gasteiger partial charge in [-0.1, -0.05) is 24.3 Å². The van der Waals surface area contributed by atoms with Gasteiger partial charge in [-0.2, -0.15) is 0 Å². The lowest BCUT2D eigenvalue weighted by Gasteiger charge is -2.23. The first-order chi connectivity index (χ1) is 4.27. The van der Waals surface area contributed by atoms with Crippen molar-refractivity contribution in [3.63, 3.8) is 0 Å². The Hall–Kier alpha value is -0.600. The van der Waals surface area contributed by atoms with E-state index in [0.29, 0.717) is 6.54 Å². The fourth-order valence-corrected chi connectivity index (χ4v) is 0.833. The lowest BCUT2D eigenvalue weighted by Crippen LogP contribution is -2.45. The molecule has 0 spiro atoms. The summed E-state index contributed by atoms with van der Waals surface area (Å²) in [6.45, 7) is 0.522. The molecule has 2 heteroatoms. The minimum atomic E-state index is -0.269. The molecule has 1 aliphatic carbocycles. The van der Waals surface area contributed by atoms with Crippen LogP contribution in [0.2, 0.25) is 0 Å². The van der Waals surface area contributed by atoms with Crippen LogP contribution in [0.3, 0.4) is 0 Å². The molecular weight excluding hydrogens is 112 g/mol. The molecule has 50 valence electrons. The molecule has 0 saturated carbocycles. The third kappa shape index (κ3) is 1.40. The molecule has 1 rings (SSSR count). The van der Waals surface area contributed by atoms with Crippen molar-refractivity contribution in [2.75, 3.05) is 6.54 Å². The fraction of sp³-hybridized carbons (Fsp3) is 0.429. The van der Waals surface area contributed by atoms with Crippen LogP contribution < -0.4 is 11.5 Å². The van der Waals surface area contributed by atoms with Crippen LogP contribution in [0.5, 0.6) is 0 Å². The van der Waals surface area contributed by atoms with Crippen LogP contribution in [0.15, 0.2) is 24.3 Å². The van der Waals surface area contributed by atoms with Crippen molar-refractivity contribution in [2.45, 2.75) is 12.0 Å². The maximum atomic E-state index is 5.80. The van der Waals surface area contributed by atoms with E-state index < -0.39 is 0 Å². The maximum absolute atomic E-state index is 5.80. The Labute approximate surface area is 55.2 Å². The zero-order valence-corrected chi connectivity index (χ0v) is 5.38. The summed E-state index contributed by atoms with van der Waals surface area (Å²) < 4.78 is 0. The first-order valence-electron chi connectivity index (χ1n) is 3.10. The molecule has 0 heterocycles. The van der Waals surface area contributed by atoms with E-state index in [4.69, 9.17) is 11.5 Å². The first kappa shape index (κ1) is 6.52. The minimum Gasteiger partial charge on any atom is -0.328 e. The Bertz CT molecular complexity index is 149. The van der Waals surface area contributed by atoms with Crippen molar-refractivity contribution < 1.29 is 0 Å². The van der Waals surface area contributed by atoms with Crippen LogP contribution in [0.4, 0.5) is 0 Å². The number of hydrogen-bond donors (Lipinski definition) is 2. The van der Waals surface area contributed by atoms with E-state index in [-0.39, 0.29) is 5.54 Å². The monoisotopic (exact) mass is 124 g/mol. The van der Waals surface area contributed by atoms with Gasteiger partial charge >= 0.3 is 0 Å². The van der Waals surface area contributed by atoms with E-state index in [2.05, 4.69) is 0 Å². The Morgan fingerprint density at radius 3 is 2.56 bits per heavy atom. The molecule has 0 saturated heterocycles. The molecular formula is C7H12N2. The van der Waals surface area contributed by atoms with Crippen LogP contribution >= 0.6 is 0 Å². The van der Waals surface area contributed by atoms with Gasteiger partial charge in [0.25, 0.3) is 0 Å². The Kier molecular flexibility index (Phi) is 1.69. The summed E-state index contributed by atoms with van der Waals surface area (Å²) in [5.41, 5.74) is 11.0. The average molecular weight is 124 g/mol. The van der Waals surface area contributed by atoms with Gasteiger partial charge in [0.15, 0.2) is 0 Å². The number of allylic oxidation sites excluding steroid dienone is 2. The first-order valence-corrected chi connectivity index (χ1v) is 3.10. The standard InChI is InChI=1S/C7H12N2/c8-6-7(9)4-2-1-3-5-7/h1-4H,5-6,8-9H2. The van der Waals surface area contributed by atoms with Crippen LogP contribution in [-0.4, -0.2) is 12.1 Å². The normalized spacial score (nSPS) is 33.1. The van der Waals surface area contributed by atoms with Crippen molar-refractivity contribution in [1.29, 1.82) is 0 Å². The van der Waals surface area contributed by atoms with Gasteiger partial charge < -0.3 is 11.5 Å². The molecule has 0 radical (unpaired) electrons. The maximum Gasteiger partial charge on any atom is 0.0501 e. The molecule has 0 aromatic heterocycles. The average Bonchev–Trinajstić information content (AvgIpc) is 1.90. The van der Waals surface area contributed by atoms with E-state index >= 15 is 0 Å².